The summed E-state index contributed by atoms with van der Waals surface area (Å²) in [4.78, 5) is 20.1. The highest BCUT2D eigenvalue weighted by Gasteiger charge is 2.28. The van der Waals surface area contributed by atoms with Crippen LogP contribution in [0.2, 0.25) is 0 Å². The van der Waals surface area contributed by atoms with Crippen molar-refractivity contribution in [1.82, 2.24) is 24.8 Å². The first kappa shape index (κ1) is 20.2. The molecule has 7 nitrogen and oxygen atoms in total. The number of ether oxygens (including phenoxy) is 1. The van der Waals surface area contributed by atoms with Crippen molar-refractivity contribution >= 4 is 11.6 Å². The Hall–Kier alpha value is -3.06. The van der Waals surface area contributed by atoms with Crippen LogP contribution in [-0.2, 0) is 6.54 Å². The van der Waals surface area contributed by atoms with Crippen LogP contribution in [0.5, 0.6) is 5.75 Å². The maximum atomic E-state index is 5.54. The number of aryl methyl sites for hydroxylation is 1. The van der Waals surface area contributed by atoms with Gasteiger partial charge in [0.2, 0.25) is 0 Å². The summed E-state index contributed by atoms with van der Waals surface area (Å²) in [7, 11) is 1.73. The van der Waals surface area contributed by atoms with Gasteiger partial charge >= 0.3 is 0 Å². The minimum absolute atomic E-state index is 0.252. The molecule has 0 radical (unpaired) electrons. The zero-order valence-electron chi connectivity index (χ0n) is 18.0. The van der Waals surface area contributed by atoms with E-state index in [1.165, 1.54) is 22.3 Å². The van der Waals surface area contributed by atoms with E-state index < -0.39 is 0 Å². The fraction of sp³-hybridized carbons (Fsp3) is 0.391. The van der Waals surface area contributed by atoms with Gasteiger partial charge in [-0.3, -0.25) is 14.9 Å². The number of hydrogen-bond acceptors (Lipinski definition) is 7. The number of benzene rings is 1. The molecule has 0 amide bonds. The topological polar surface area (TPSA) is 76.1 Å². The molecule has 1 unspecified atom stereocenters. The molecule has 0 saturated carbocycles. The summed E-state index contributed by atoms with van der Waals surface area (Å²) < 4.78 is 5.54. The van der Waals surface area contributed by atoms with Crippen LogP contribution >= 0.6 is 0 Å². The number of nitrogens with one attached hydrogen (secondary N) is 1. The van der Waals surface area contributed by atoms with Crippen LogP contribution in [0.15, 0.2) is 37.1 Å². The van der Waals surface area contributed by atoms with Gasteiger partial charge in [-0.25, -0.2) is 9.97 Å². The Morgan fingerprint density at radius 3 is 2.67 bits per heavy atom. The van der Waals surface area contributed by atoms with Crippen LogP contribution in [0.4, 0.5) is 11.6 Å². The van der Waals surface area contributed by atoms with Gasteiger partial charge in [0.25, 0.3) is 0 Å². The minimum Gasteiger partial charge on any atom is -0.496 e. The first-order chi connectivity index (χ1) is 14.6. The Balaban J connectivity index is 1.56. The summed E-state index contributed by atoms with van der Waals surface area (Å²) in [5.41, 5.74) is 6.15. The Kier molecular flexibility index (Phi) is 5.90. The van der Waals surface area contributed by atoms with Gasteiger partial charge in [-0.05, 0) is 68.5 Å². The van der Waals surface area contributed by atoms with Crippen molar-refractivity contribution < 1.29 is 4.74 Å². The molecule has 3 heterocycles. The van der Waals surface area contributed by atoms with Gasteiger partial charge < -0.3 is 10.1 Å². The summed E-state index contributed by atoms with van der Waals surface area (Å²) in [5.74, 6) is 2.31. The van der Waals surface area contributed by atoms with Crippen molar-refractivity contribution in [2.24, 2.45) is 0 Å². The molecule has 1 aromatic carbocycles. The van der Waals surface area contributed by atoms with E-state index in [1.807, 2.05) is 6.20 Å². The molecule has 0 spiro atoms. The van der Waals surface area contributed by atoms with E-state index in [-0.39, 0.29) is 6.04 Å². The lowest BCUT2D eigenvalue weighted by atomic mass is 9.96. The van der Waals surface area contributed by atoms with E-state index in [4.69, 9.17) is 9.72 Å². The monoisotopic (exact) mass is 404 g/mol. The van der Waals surface area contributed by atoms with Crippen molar-refractivity contribution in [2.45, 2.75) is 46.2 Å². The van der Waals surface area contributed by atoms with Gasteiger partial charge in [0.15, 0.2) is 0 Å². The Bertz CT molecular complexity index is 1020. The normalized spacial score (nSPS) is 16.6. The SMILES string of the molecule is COc1cc(C)c(CN2CCCC2c2cncc(Nc3cnccn3)n2)c(C)c1C. The molecule has 30 heavy (non-hydrogen) atoms. The molecule has 0 bridgehead atoms. The minimum atomic E-state index is 0.252. The molecule has 1 aliphatic heterocycles. The van der Waals surface area contributed by atoms with Crippen LogP contribution in [0.3, 0.4) is 0 Å². The van der Waals surface area contributed by atoms with E-state index in [2.05, 4.69) is 52.0 Å². The zero-order valence-corrected chi connectivity index (χ0v) is 18.0. The molecular weight excluding hydrogens is 376 g/mol. The average Bonchev–Trinajstić information content (AvgIpc) is 3.23. The van der Waals surface area contributed by atoms with Crippen LogP contribution in [0.1, 0.15) is 46.8 Å². The third kappa shape index (κ3) is 4.11. The second-order valence-electron chi connectivity index (χ2n) is 7.80. The highest BCUT2D eigenvalue weighted by atomic mass is 16.5. The number of likely N-dealkylation sites (tertiary alicyclic amines) is 1. The molecule has 3 aromatic rings. The molecule has 1 saturated heterocycles. The van der Waals surface area contributed by atoms with E-state index >= 15 is 0 Å². The van der Waals surface area contributed by atoms with Gasteiger partial charge in [-0.2, -0.15) is 0 Å². The first-order valence-electron chi connectivity index (χ1n) is 10.3. The largest absolute Gasteiger partial charge is 0.496 e. The summed E-state index contributed by atoms with van der Waals surface area (Å²) >= 11 is 0. The first-order valence-corrected chi connectivity index (χ1v) is 10.3. The number of hydrogen-bond donors (Lipinski definition) is 1. The van der Waals surface area contributed by atoms with Gasteiger partial charge in [0, 0.05) is 18.9 Å². The average molecular weight is 405 g/mol. The summed E-state index contributed by atoms with van der Waals surface area (Å²) in [6.45, 7) is 8.44. The molecule has 0 aliphatic carbocycles. The summed E-state index contributed by atoms with van der Waals surface area (Å²) in [6.07, 6.45) is 10.8. The molecule has 1 aliphatic rings. The number of rotatable bonds is 6. The maximum absolute atomic E-state index is 5.54. The maximum Gasteiger partial charge on any atom is 0.150 e. The third-order valence-corrected chi connectivity index (χ3v) is 5.97. The van der Waals surface area contributed by atoms with E-state index in [0.717, 1.165) is 37.4 Å². The quantitative estimate of drug-likeness (QED) is 0.657. The number of anilines is 2. The molecule has 4 rings (SSSR count). The summed E-state index contributed by atoms with van der Waals surface area (Å²) in [6, 6.07) is 2.40. The standard InChI is InChI=1S/C23H28N6O/c1-15-10-21(30-4)17(3)16(2)18(15)14-29-9-5-6-20(29)19-11-25-13-23(27-19)28-22-12-24-7-8-26-22/h7-8,10-13,20H,5-6,9,14H2,1-4H3,(H,26,27,28). The van der Waals surface area contributed by atoms with Crippen molar-refractivity contribution in [3.8, 4) is 5.75 Å². The smallest absolute Gasteiger partial charge is 0.150 e. The fourth-order valence-corrected chi connectivity index (χ4v) is 4.20. The highest BCUT2D eigenvalue weighted by Crippen LogP contribution is 2.35. The zero-order chi connectivity index (χ0) is 21.1. The predicted molar refractivity (Wildman–Crippen MR) is 117 cm³/mol. The highest BCUT2D eigenvalue weighted by molar-refractivity contribution is 5.49. The van der Waals surface area contributed by atoms with E-state index in [9.17, 15) is 0 Å². The molecule has 2 aromatic heterocycles. The number of methoxy groups -OCH3 is 1. The Labute approximate surface area is 177 Å². The molecule has 1 atom stereocenters. The van der Waals surface area contributed by atoms with E-state index in [1.54, 1.807) is 31.9 Å². The second kappa shape index (κ2) is 8.75. The number of aromatic nitrogens is 4. The van der Waals surface area contributed by atoms with Crippen LogP contribution in [0.25, 0.3) is 0 Å². The third-order valence-electron chi connectivity index (χ3n) is 5.97. The van der Waals surface area contributed by atoms with Crippen LogP contribution in [0, 0.1) is 20.8 Å². The lowest BCUT2D eigenvalue weighted by Gasteiger charge is -2.26. The lowest BCUT2D eigenvalue weighted by molar-refractivity contribution is 0.243. The molecule has 156 valence electrons. The molecule has 1 N–H and O–H groups in total. The van der Waals surface area contributed by atoms with Gasteiger partial charge in [-0.15, -0.1) is 0 Å². The van der Waals surface area contributed by atoms with Gasteiger partial charge in [0.1, 0.15) is 17.4 Å². The molecular formula is C23H28N6O. The lowest BCUT2D eigenvalue weighted by Crippen LogP contribution is -2.25. The Morgan fingerprint density at radius 2 is 1.90 bits per heavy atom. The van der Waals surface area contributed by atoms with Crippen LogP contribution in [-0.4, -0.2) is 38.5 Å². The van der Waals surface area contributed by atoms with Crippen molar-refractivity contribution in [1.29, 1.82) is 0 Å². The predicted octanol–water partition coefficient (Wildman–Crippen LogP) is 4.28. The summed E-state index contributed by atoms with van der Waals surface area (Å²) in [5, 5.41) is 3.19. The fourth-order valence-electron chi connectivity index (χ4n) is 4.20. The van der Waals surface area contributed by atoms with Crippen LogP contribution < -0.4 is 10.1 Å². The molecule has 1 fully saturated rings. The van der Waals surface area contributed by atoms with Gasteiger partial charge in [-0.1, -0.05) is 0 Å². The van der Waals surface area contributed by atoms with Gasteiger partial charge in [0.05, 0.1) is 37.4 Å². The van der Waals surface area contributed by atoms with Crippen molar-refractivity contribution in [3.05, 3.63) is 65.0 Å². The Morgan fingerprint density at radius 1 is 1.07 bits per heavy atom. The van der Waals surface area contributed by atoms with E-state index in [0.29, 0.717) is 11.6 Å². The van der Waals surface area contributed by atoms with Crippen molar-refractivity contribution in [2.75, 3.05) is 19.0 Å². The second-order valence-corrected chi connectivity index (χ2v) is 7.80. The molecule has 7 heteroatoms. The number of nitrogens with zero attached hydrogens (tertiary/aromatic N) is 5. The van der Waals surface area contributed by atoms with Crippen molar-refractivity contribution in [3.63, 3.8) is 0 Å².